The summed E-state index contributed by atoms with van der Waals surface area (Å²) in [5.41, 5.74) is 11.4. The third-order valence-electron chi connectivity index (χ3n) is 10.5. The molecule has 0 saturated heterocycles. The van der Waals surface area contributed by atoms with Gasteiger partial charge < -0.3 is 4.14 Å². The van der Waals surface area contributed by atoms with Crippen LogP contribution in [0.15, 0.2) is 109 Å². The number of halogens is 2. The summed E-state index contributed by atoms with van der Waals surface area (Å²) in [6.07, 6.45) is 7.44. The van der Waals surface area contributed by atoms with Crippen molar-refractivity contribution in [2.45, 2.75) is 131 Å². The van der Waals surface area contributed by atoms with Gasteiger partial charge in [0.2, 0.25) is 0 Å². The summed E-state index contributed by atoms with van der Waals surface area (Å²) in [6.45, 7) is 27.3. The molecule has 0 heterocycles. The maximum absolute atomic E-state index is 5.98. The molecule has 6 aromatic rings. The summed E-state index contributed by atoms with van der Waals surface area (Å²) < 4.78 is 2.15. The first-order chi connectivity index (χ1) is 27.0. The van der Waals surface area contributed by atoms with Gasteiger partial charge in [-0.3, -0.25) is 0 Å². The van der Waals surface area contributed by atoms with Crippen LogP contribution in [0.2, 0.25) is 39.3 Å². The third-order valence-corrected chi connectivity index (χ3v) is 17.4. The van der Waals surface area contributed by atoms with E-state index in [-0.39, 0.29) is 0 Å². The van der Waals surface area contributed by atoms with Crippen LogP contribution in [0.5, 0.6) is 0 Å². The Morgan fingerprint density at radius 1 is 0.561 bits per heavy atom. The fourth-order valence-electron chi connectivity index (χ4n) is 7.61. The number of unbranched alkanes of at least 4 members (excludes halogenated alkanes) is 2. The summed E-state index contributed by atoms with van der Waals surface area (Å²) in [6, 6.07) is 40.6. The average Bonchev–Trinajstić information content (AvgIpc) is 3.80. The standard InChI is InChI=1S/2C22H25.C6H18BNSi2.2ClH.Zr/c2*1-4-5-9-17-14-18-10-8-13-21(22(18)15-17)20-12-7-6-11-19(20)16(2)3;1-9(2,3)8(7)10(4,5)6;;;/h2*6-8,10-16H,4-5,9H2,1-3H3;1-6H3;2*1H;/q2*-1;;;;+4/p-2. The molecule has 2 radical (unpaired) electrons. The van der Waals surface area contributed by atoms with Gasteiger partial charge in [-0.2, -0.15) is 12.1 Å². The molecule has 0 aromatic heterocycles. The van der Waals surface area contributed by atoms with Gasteiger partial charge in [0.25, 0.3) is 0 Å². The van der Waals surface area contributed by atoms with Crippen LogP contribution in [-0.2, 0) is 33.7 Å². The van der Waals surface area contributed by atoms with Crippen molar-refractivity contribution >= 4 is 63.0 Å². The van der Waals surface area contributed by atoms with Crippen LogP contribution in [0.4, 0.5) is 0 Å². The summed E-state index contributed by atoms with van der Waals surface area (Å²) in [7, 11) is 13.4. The molecular weight excluding hydrogens is 844 g/mol. The van der Waals surface area contributed by atoms with Crippen molar-refractivity contribution in [3.63, 3.8) is 0 Å². The summed E-state index contributed by atoms with van der Waals surface area (Å²) in [5, 5.41) is 5.56. The van der Waals surface area contributed by atoms with Crippen molar-refractivity contribution in [2.75, 3.05) is 0 Å². The predicted octanol–water partition coefficient (Wildman–Crippen LogP) is 16.8. The minimum atomic E-state index is -1.22. The van der Waals surface area contributed by atoms with Crippen molar-refractivity contribution in [1.82, 2.24) is 4.14 Å². The van der Waals surface area contributed by atoms with Gasteiger partial charge >= 0.3 is 37.9 Å². The Labute approximate surface area is 370 Å². The molecule has 0 aliphatic heterocycles. The Kier molecular flexibility index (Phi) is 20.5. The van der Waals surface area contributed by atoms with Gasteiger partial charge in [0.15, 0.2) is 7.98 Å². The molecule has 0 N–H and O–H groups in total. The third kappa shape index (κ3) is 14.6. The molecule has 1 nitrogen and oxygen atoms in total. The first-order valence-electron chi connectivity index (χ1n) is 21.0. The second-order valence-corrected chi connectivity index (χ2v) is 31.6. The molecule has 6 aromatic carbocycles. The minimum absolute atomic E-state index is 0.543. The van der Waals surface area contributed by atoms with Gasteiger partial charge in [-0.1, -0.05) is 178 Å². The van der Waals surface area contributed by atoms with Crippen molar-refractivity contribution in [1.29, 1.82) is 0 Å². The average molecular weight is 912 g/mol. The van der Waals surface area contributed by atoms with Crippen molar-refractivity contribution in [3.8, 4) is 22.3 Å². The predicted molar refractivity (Wildman–Crippen MR) is 261 cm³/mol. The van der Waals surface area contributed by atoms with Gasteiger partial charge in [-0.05, 0) is 46.9 Å². The van der Waals surface area contributed by atoms with E-state index in [2.05, 4.69) is 194 Å². The molecule has 0 unspecified atom stereocenters. The topological polar surface area (TPSA) is 3.24 Å². The zero-order valence-corrected chi connectivity index (χ0v) is 43.0. The molecule has 6 rings (SSSR count). The molecule has 0 amide bonds. The quantitative estimate of drug-likeness (QED) is 0.0873. The number of aryl methyl sites for hydroxylation is 2. The summed E-state index contributed by atoms with van der Waals surface area (Å²) in [5.74, 6) is 1.09. The molecule has 57 heavy (non-hydrogen) atoms. The second-order valence-electron chi connectivity index (χ2n) is 17.8. The number of hydrogen-bond donors (Lipinski definition) is 0. The van der Waals surface area contributed by atoms with Crippen molar-refractivity contribution in [3.05, 3.63) is 131 Å². The SMILES string of the molecule is CCCCc1cc2c(-c3ccccc3C(C)C)cccc2[cH-]1.CCCCc1cc2c(-c3ccccc3C(C)C)cccc2[cH-]1.[B]N([Si](C)(C)C)[Si](C)(C)C.[Cl][Zr+2][Cl]. The van der Waals surface area contributed by atoms with Crippen LogP contribution < -0.4 is 0 Å². The van der Waals surface area contributed by atoms with Gasteiger partial charge in [0.1, 0.15) is 16.5 Å². The van der Waals surface area contributed by atoms with E-state index in [4.69, 9.17) is 25.0 Å². The van der Waals surface area contributed by atoms with Crippen LogP contribution in [0.1, 0.15) is 101 Å². The molecule has 0 atom stereocenters. The monoisotopic (exact) mass is 909 g/mol. The Balaban J connectivity index is 0.000000236. The van der Waals surface area contributed by atoms with Crippen LogP contribution in [0.3, 0.4) is 0 Å². The van der Waals surface area contributed by atoms with Gasteiger partial charge in [0, 0.05) is 0 Å². The Hall–Kier alpha value is -1.98. The van der Waals surface area contributed by atoms with E-state index >= 15 is 0 Å². The van der Waals surface area contributed by atoms with E-state index in [9.17, 15) is 0 Å². The van der Waals surface area contributed by atoms with E-state index < -0.39 is 37.3 Å². The number of nitrogens with zero attached hydrogens (tertiary/aromatic N) is 1. The summed E-state index contributed by atoms with van der Waals surface area (Å²) in [4.78, 5) is 0. The van der Waals surface area contributed by atoms with E-state index in [0.29, 0.717) is 11.8 Å². The van der Waals surface area contributed by atoms with E-state index in [0.717, 1.165) is 0 Å². The zero-order valence-electron chi connectivity index (χ0n) is 37.1. The van der Waals surface area contributed by atoms with Gasteiger partial charge in [0.05, 0.1) is 0 Å². The van der Waals surface area contributed by atoms with Crippen LogP contribution >= 0.6 is 17.0 Å². The molecule has 0 aliphatic carbocycles. The molecule has 0 saturated carbocycles. The van der Waals surface area contributed by atoms with Gasteiger partial charge in [-0.25, -0.2) is 0 Å². The Morgan fingerprint density at radius 2 is 0.895 bits per heavy atom. The van der Waals surface area contributed by atoms with Crippen molar-refractivity contribution in [2.24, 2.45) is 0 Å². The maximum atomic E-state index is 5.98. The second kappa shape index (κ2) is 23.7. The number of hydrogen-bond acceptors (Lipinski definition) is 1. The number of rotatable bonds is 12. The molecule has 302 valence electrons. The van der Waals surface area contributed by atoms with Crippen LogP contribution in [0, 0.1) is 0 Å². The normalized spacial score (nSPS) is 11.5. The molecule has 0 bridgehead atoms. The summed E-state index contributed by atoms with van der Waals surface area (Å²) >= 11 is -0.826. The van der Waals surface area contributed by atoms with E-state index in [1.54, 1.807) is 0 Å². The zero-order chi connectivity index (χ0) is 42.3. The molecule has 7 heteroatoms. The number of fused-ring (bicyclic) bond motifs is 2. The first-order valence-corrected chi connectivity index (χ1v) is 34.3. The van der Waals surface area contributed by atoms with Crippen molar-refractivity contribution < 1.29 is 20.8 Å². The van der Waals surface area contributed by atoms with E-state index in [1.807, 2.05) is 0 Å². The fourth-order valence-corrected chi connectivity index (χ4v) is 15.7. The fraction of sp³-hybridized carbons (Fsp3) is 0.400. The Morgan fingerprint density at radius 3 is 1.19 bits per heavy atom. The Bertz CT molecular complexity index is 1940. The number of benzene rings is 4. The van der Waals surface area contributed by atoms with Crippen LogP contribution in [-0.4, -0.2) is 28.6 Å². The molecule has 0 aliphatic rings. The van der Waals surface area contributed by atoms with Crippen LogP contribution in [0.25, 0.3) is 43.8 Å². The van der Waals surface area contributed by atoms with Gasteiger partial charge in [-0.15, -0.1) is 69.1 Å². The molecular formula is C50H68BCl2NSi2Zr. The first kappa shape index (κ1) is 49.4. The molecule has 0 spiro atoms. The van der Waals surface area contributed by atoms with E-state index in [1.165, 1.54) is 105 Å². The molecule has 0 fully saturated rings.